The van der Waals surface area contributed by atoms with Gasteiger partial charge in [-0.25, -0.2) is 8.42 Å². The third-order valence-corrected chi connectivity index (χ3v) is 9.05. The molecular weight excluding hydrogens is 526 g/mol. The van der Waals surface area contributed by atoms with Crippen LogP contribution in [0.3, 0.4) is 0 Å². The monoisotopic (exact) mass is 559 g/mol. The van der Waals surface area contributed by atoms with Crippen molar-refractivity contribution in [1.82, 2.24) is 14.6 Å². The first-order chi connectivity index (χ1) is 18.3. The number of esters is 1. The lowest BCUT2D eigenvalue weighted by Crippen LogP contribution is -2.51. The molecule has 1 aliphatic heterocycles. The van der Waals surface area contributed by atoms with Gasteiger partial charge >= 0.3 is 5.97 Å². The van der Waals surface area contributed by atoms with E-state index in [1.165, 1.54) is 7.11 Å². The number of likely N-dealkylation sites (tertiary alicyclic amines) is 1. The number of hydrogen-bond donors (Lipinski definition) is 2. The highest BCUT2D eigenvalue weighted by atomic mass is 35.5. The smallest absolute Gasteiger partial charge is 0.305 e. The Morgan fingerprint density at radius 3 is 2.79 bits per heavy atom. The van der Waals surface area contributed by atoms with Gasteiger partial charge in [0, 0.05) is 41.6 Å². The molecular formula is C28H34ClN3O5S. The highest BCUT2D eigenvalue weighted by Crippen LogP contribution is 2.26. The summed E-state index contributed by atoms with van der Waals surface area (Å²) in [6.45, 7) is 1.11. The van der Waals surface area contributed by atoms with Gasteiger partial charge in [0.2, 0.25) is 15.9 Å². The number of ether oxygens (including phenoxy) is 1. The van der Waals surface area contributed by atoms with Crippen LogP contribution in [0.2, 0.25) is 5.02 Å². The molecule has 204 valence electrons. The molecule has 2 atom stereocenters. The number of rotatable bonds is 11. The maximum Gasteiger partial charge on any atom is 0.305 e. The zero-order chi connectivity index (χ0) is 27.1. The van der Waals surface area contributed by atoms with E-state index in [2.05, 4.69) is 9.71 Å². The lowest BCUT2D eigenvalue weighted by molar-refractivity contribution is -0.141. The van der Waals surface area contributed by atoms with E-state index < -0.39 is 16.1 Å². The van der Waals surface area contributed by atoms with Crippen molar-refractivity contribution in [3.8, 4) is 0 Å². The third kappa shape index (κ3) is 6.95. The molecule has 1 fully saturated rings. The van der Waals surface area contributed by atoms with Crippen molar-refractivity contribution in [2.45, 2.75) is 55.9 Å². The summed E-state index contributed by atoms with van der Waals surface area (Å²) in [6, 6.07) is 13.2. The molecule has 2 N–H and O–H groups in total. The summed E-state index contributed by atoms with van der Waals surface area (Å²) >= 11 is 6.35. The summed E-state index contributed by atoms with van der Waals surface area (Å²) in [4.78, 5) is 30.2. The van der Waals surface area contributed by atoms with E-state index in [9.17, 15) is 18.0 Å². The number of fused-ring (bicyclic) bond motifs is 1. The lowest BCUT2D eigenvalue weighted by Gasteiger charge is -2.35. The van der Waals surface area contributed by atoms with Crippen LogP contribution in [0, 0.1) is 5.92 Å². The first-order valence-corrected chi connectivity index (χ1v) is 14.8. The Hall–Kier alpha value is -2.88. The number of nitrogens with one attached hydrogen (secondary N) is 2. The second-order valence-electron chi connectivity index (χ2n) is 9.76. The maximum atomic E-state index is 13.8. The van der Waals surface area contributed by atoms with Gasteiger partial charge in [0.05, 0.1) is 12.0 Å². The molecule has 2 heterocycles. The quantitative estimate of drug-likeness (QED) is 0.331. The summed E-state index contributed by atoms with van der Waals surface area (Å²) < 4.78 is 34.6. The second-order valence-corrected chi connectivity index (χ2v) is 11.8. The number of amides is 1. The van der Waals surface area contributed by atoms with Crippen LogP contribution in [0.4, 0.5) is 0 Å². The number of halogens is 1. The van der Waals surface area contributed by atoms with E-state index in [0.29, 0.717) is 48.3 Å². The van der Waals surface area contributed by atoms with Gasteiger partial charge in [-0.2, -0.15) is 4.72 Å². The van der Waals surface area contributed by atoms with Gasteiger partial charge in [-0.1, -0.05) is 35.9 Å². The summed E-state index contributed by atoms with van der Waals surface area (Å²) in [7, 11) is -2.62. The first-order valence-electron chi connectivity index (χ1n) is 13.0. The minimum absolute atomic E-state index is 0.131. The van der Waals surface area contributed by atoms with Crippen LogP contribution < -0.4 is 4.72 Å². The highest BCUT2D eigenvalue weighted by Gasteiger charge is 2.32. The number of aromatic nitrogens is 1. The predicted octanol–water partition coefficient (Wildman–Crippen LogP) is 4.68. The number of H-pyrrole nitrogens is 1. The SMILES string of the molecule is COC(=O)CCCC1CCCN(C(=O)C(CCc2ccccc2Cl)NS(=O)(=O)c2cccc3[nH]ccc23)C1. The Balaban J connectivity index is 1.52. The third-order valence-electron chi connectivity index (χ3n) is 7.15. The van der Waals surface area contributed by atoms with Crippen molar-refractivity contribution in [3.05, 3.63) is 65.3 Å². The molecule has 1 aliphatic rings. The van der Waals surface area contributed by atoms with Crippen LogP contribution in [-0.4, -0.2) is 56.4 Å². The van der Waals surface area contributed by atoms with E-state index in [1.54, 1.807) is 35.4 Å². The molecule has 0 bridgehead atoms. The van der Waals surface area contributed by atoms with E-state index in [1.807, 2.05) is 24.3 Å². The highest BCUT2D eigenvalue weighted by molar-refractivity contribution is 7.89. The fourth-order valence-electron chi connectivity index (χ4n) is 5.13. The standard InChI is InChI=1S/C28H34ClN3O5S/c1-37-27(33)13-4-7-20-8-6-18-32(19-20)28(34)25(15-14-21-9-2-3-10-23(21)29)31-38(35,36)26-12-5-11-24-22(26)16-17-30-24/h2-3,5,9-12,16-17,20,25,30-31H,4,6-8,13-15,18-19H2,1H3. The van der Waals surface area contributed by atoms with Crippen LogP contribution in [0.5, 0.6) is 0 Å². The van der Waals surface area contributed by atoms with Gasteiger partial charge in [-0.3, -0.25) is 9.59 Å². The molecule has 38 heavy (non-hydrogen) atoms. The van der Waals surface area contributed by atoms with Gasteiger partial charge in [-0.05, 0) is 74.3 Å². The fourth-order valence-corrected chi connectivity index (χ4v) is 6.81. The molecule has 0 spiro atoms. The van der Waals surface area contributed by atoms with Gasteiger partial charge in [0.25, 0.3) is 0 Å². The van der Waals surface area contributed by atoms with Crippen LogP contribution in [0.25, 0.3) is 10.9 Å². The van der Waals surface area contributed by atoms with Crippen molar-refractivity contribution in [3.63, 3.8) is 0 Å². The summed E-state index contributed by atoms with van der Waals surface area (Å²) in [5.41, 5.74) is 1.57. The summed E-state index contributed by atoms with van der Waals surface area (Å²) in [5, 5.41) is 1.16. The molecule has 3 aromatic rings. The van der Waals surface area contributed by atoms with E-state index in [-0.39, 0.29) is 29.1 Å². The van der Waals surface area contributed by atoms with E-state index >= 15 is 0 Å². The maximum absolute atomic E-state index is 13.8. The number of methoxy groups -OCH3 is 1. The summed E-state index contributed by atoms with van der Waals surface area (Å²) in [6.07, 6.45) is 6.08. The van der Waals surface area contributed by atoms with Crippen molar-refractivity contribution in [2.24, 2.45) is 5.92 Å². The van der Waals surface area contributed by atoms with E-state index in [4.69, 9.17) is 16.3 Å². The number of carbonyl (C=O) groups is 2. The fraction of sp³-hybridized carbons (Fsp3) is 0.429. The van der Waals surface area contributed by atoms with Crippen molar-refractivity contribution >= 4 is 44.4 Å². The van der Waals surface area contributed by atoms with Crippen molar-refractivity contribution in [2.75, 3.05) is 20.2 Å². The number of piperidine rings is 1. The number of aryl methyl sites for hydroxylation is 1. The predicted molar refractivity (Wildman–Crippen MR) is 147 cm³/mol. The van der Waals surface area contributed by atoms with Crippen LogP contribution in [0.1, 0.15) is 44.1 Å². The van der Waals surface area contributed by atoms with Gasteiger partial charge in [0.1, 0.15) is 6.04 Å². The number of hydrogen-bond acceptors (Lipinski definition) is 5. The van der Waals surface area contributed by atoms with Crippen LogP contribution >= 0.6 is 11.6 Å². The first kappa shape index (κ1) is 28.1. The van der Waals surface area contributed by atoms with Gasteiger partial charge in [-0.15, -0.1) is 0 Å². The molecule has 10 heteroatoms. The molecule has 0 aliphatic carbocycles. The zero-order valence-corrected chi connectivity index (χ0v) is 23.1. The Bertz CT molecular complexity index is 1370. The number of carbonyl (C=O) groups excluding carboxylic acids is 2. The Kier molecular flexibility index (Phi) is 9.46. The van der Waals surface area contributed by atoms with Crippen molar-refractivity contribution in [1.29, 1.82) is 0 Å². The normalized spacial score (nSPS) is 16.9. The average Bonchev–Trinajstić information content (AvgIpc) is 3.40. The number of benzene rings is 2. The molecule has 0 radical (unpaired) electrons. The Morgan fingerprint density at radius 2 is 2.00 bits per heavy atom. The Labute approximate surface area is 228 Å². The molecule has 2 unspecified atom stereocenters. The number of sulfonamides is 1. The minimum atomic E-state index is -4.00. The molecule has 1 aromatic heterocycles. The largest absolute Gasteiger partial charge is 0.469 e. The molecule has 1 saturated heterocycles. The van der Waals surface area contributed by atoms with Gasteiger partial charge in [0.15, 0.2) is 0 Å². The molecule has 1 amide bonds. The van der Waals surface area contributed by atoms with Crippen LogP contribution in [0.15, 0.2) is 59.6 Å². The zero-order valence-electron chi connectivity index (χ0n) is 21.5. The molecule has 8 nitrogen and oxygen atoms in total. The number of aromatic amines is 1. The topological polar surface area (TPSA) is 109 Å². The average molecular weight is 560 g/mol. The lowest BCUT2D eigenvalue weighted by atomic mass is 9.92. The van der Waals surface area contributed by atoms with E-state index in [0.717, 1.165) is 24.8 Å². The second kappa shape index (κ2) is 12.8. The number of nitrogens with zero attached hydrogens (tertiary/aromatic N) is 1. The van der Waals surface area contributed by atoms with Crippen LogP contribution in [-0.2, 0) is 30.8 Å². The molecule has 0 saturated carbocycles. The molecule has 2 aromatic carbocycles. The Morgan fingerprint density at radius 1 is 1.18 bits per heavy atom. The summed E-state index contributed by atoms with van der Waals surface area (Å²) in [5.74, 6) is -0.216. The molecule has 4 rings (SSSR count). The van der Waals surface area contributed by atoms with Gasteiger partial charge < -0.3 is 14.6 Å². The minimum Gasteiger partial charge on any atom is -0.469 e. The van der Waals surface area contributed by atoms with Crippen molar-refractivity contribution < 1.29 is 22.7 Å².